The van der Waals surface area contributed by atoms with Crippen molar-refractivity contribution in [3.63, 3.8) is 0 Å². The Bertz CT molecular complexity index is 2500. The molecule has 3 aliphatic rings. The zero-order chi connectivity index (χ0) is 35.6. The van der Waals surface area contributed by atoms with Crippen LogP contribution in [0, 0.1) is 0 Å². The SMILES string of the molecule is CC1(C)c2ccccc2-c2c(N(c3ccccc3)c3c4c(c(-c5ccccc5)c5c3C(C)(C)c3ccccc3-5)-c3ccccc3C4(C)C)cccc21. The van der Waals surface area contributed by atoms with E-state index in [4.69, 9.17) is 0 Å². The summed E-state index contributed by atoms with van der Waals surface area (Å²) in [5, 5.41) is 0. The number of fused-ring (bicyclic) bond motifs is 9. The molecule has 0 fully saturated rings. The van der Waals surface area contributed by atoms with Crippen LogP contribution in [-0.2, 0) is 16.2 Å². The molecular weight excluding hydrogens is 627 g/mol. The van der Waals surface area contributed by atoms with Crippen molar-refractivity contribution in [2.45, 2.75) is 57.8 Å². The molecular formula is C51H43N. The molecule has 7 aromatic carbocycles. The Morgan fingerprint density at radius 1 is 0.346 bits per heavy atom. The van der Waals surface area contributed by atoms with E-state index in [-0.39, 0.29) is 16.2 Å². The van der Waals surface area contributed by atoms with E-state index in [0.29, 0.717) is 0 Å². The fourth-order valence-corrected chi connectivity index (χ4v) is 10.3. The van der Waals surface area contributed by atoms with Gasteiger partial charge in [0.05, 0.1) is 11.4 Å². The molecule has 0 amide bonds. The number of hydrogen-bond donors (Lipinski definition) is 0. The lowest BCUT2D eigenvalue weighted by molar-refractivity contribution is 0.640. The fraction of sp³-hybridized carbons (Fsp3) is 0.176. The second kappa shape index (κ2) is 10.7. The van der Waals surface area contributed by atoms with Gasteiger partial charge in [0.15, 0.2) is 0 Å². The number of anilines is 3. The molecule has 10 rings (SSSR count). The van der Waals surface area contributed by atoms with E-state index in [2.05, 4.69) is 198 Å². The van der Waals surface area contributed by atoms with E-state index in [1.54, 1.807) is 0 Å². The van der Waals surface area contributed by atoms with Gasteiger partial charge in [-0.1, -0.05) is 175 Å². The predicted molar refractivity (Wildman–Crippen MR) is 219 cm³/mol. The van der Waals surface area contributed by atoms with Crippen molar-refractivity contribution in [1.82, 2.24) is 0 Å². The van der Waals surface area contributed by atoms with Crippen molar-refractivity contribution in [2.75, 3.05) is 4.90 Å². The highest BCUT2D eigenvalue weighted by atomic mass is 15.2. The summed E-state index contributed by atoms with van der Waals surface area (Å²) in [6.45, 7) is 14.6. The van der Waals surface area contributed by atoms with Gasteiger partial charge in [0, 0.05) is 27.5 Å². The van der Waals surface area contributed by atoms with Gasteiger partial charge in [0.25, 0.3) is 0 Å². The second-order valence-electron chi connectivity index (χ2n) is 16.5. The molecule has 0 saturated heterocycles. The van der Waals surface area contributed by atoms with Crippen molar-refractivity contribution < 1.29 is 0 Å². The van der Waals surface area contributed by atoms with Crippen LogP contribution in [0.2, 0.25) is 0 Å². The van der Waals surface area contributed by atoms with Crippen LogP contribution < -0.4 is 4.90 Å². The molecule has 52 heavy (non-hydrogen) atoms. The van der Waals surface area contributed by atoms with Gasteiger partial charge in [-0.15, -0.1) is 0 Å². The summed E-state index contributed by atoms with van der Waals surface area (Å²) in [6.07, 6.45) is 0. The van der Waals surface area contributed by atoms with Crippen LogP contribution in [0.5, 0.6) is 0 Å². The van der Waals surface area contributed by atoms with Crippen molar-refractivity contribution in [2.24, 2.45) is 0 Å². The minimum Gasteiger partial charge on any atom is -0.309 e. The lowest BCUT2D eigenvalue weighted by atomic mass is 9.73. The minimum atomic E-state index is -0.271. The van der Waals surface area contributed by atoms with E-state index in [0.717, 1.165) is 0 Å². The first-order valence-electron chi connectivity index (χ1n) is 18.7. The Hall–Kier alpha value is -5.66. The normalized spacial score (nSPS) is 16.0. The predicted octanol–water partition coefficient (Wildman–Crippen LogP) is 13.7. The number of hydrogen-bond acceptors (Lipinski definition) is 1. The van der Waals surface area contributed by atoms with Crippen molar-refractivity contribution >= 4 is 17.1 Å². The van der Waals surface area contributed by atoms with E-state index in [1.807, 2.05) is 0 Å². The van der Waals surface area contributed by atoms with Crippen LogP contribution in [0.15, 0.2) is 152 Å². The molecule has 0 heterocycles. The minimum absolute atomic E-state index is 0.115. The lowest BCUT2D eigenvalue weighted by Gasteiger charge is -2.39. The Morgan fingerprint density at radius 2 is 0.769 bits per heavy atom. The van der Waals surface area contributed by atoms with Crippen LogP contribution in [0.3, 0.4) is 0 Å². The van der Waals surface area contributed by atoms with E-state index in [1.165, 1.54) is 95.0 Å². The third-order valence-electron chi connectivity index (χ3n) is 12.6. The van der Waals surface area contributed by atoms with Crippen LogP contribution in [0.1, 0.15) is 74.9 Å². The van der Waals surface area contributed by atoms with Crippen LogP contribution in [-0.4, -0.2) is 0 Å². The van der Waals surface area contributed by atoms with Gasteiger partial charge in [-0.25, -0.2) is 0 Å². The average Bonchev–Trinajstić information content (AvgIpc) is 3.66. The van der Waals surface area contributed by atoms with Gasteiger partial charge in [-0.3, -0.25) is 0 Å². The molecule has 0 unspecified atom stereocenters. The summed E-state index contributed by atoms with van der Waals surface area (Å²) >= 11 is 0. The van der Waals surface area contributed by atoms with Crippen LogP contribution >= 0.6 is 0 Å². The van der Waals surface area contributed by atoms with E-state index < -0.39 is 0 Å². The summed E-state index contributed by atoms with van der Waals surface area (Å²) < 4.78 is 0. The Kier molecular flexibility index (Phi) is 6.39. The summed E-state index contributed by atoms with van der Waals surface area (Å²) in [6, 6.07) is 56.7. The lowest BCUT2D eigenvalue weighted by Crippen LogP contribution is -2.26. The van der Waals surface area contributed by atoms with Gasteiger partial charge in [0.1, 0.15) is 0 Å². The largest absolute Gasteiger partial charge is 0.309 e. The zero-order valence-electron chi connectivity index (χ0n) is 30.9. The molecule has 7 aromatic rings. The van der Waals surface area contributed by atoms with Crippen molar-refractivity contribution in [3.05, 3.63) is 185 Å². The fourth-order valence-electron chi connectivity index (χ4n) is 10.3. The first-order chi connectivity index (χ1) is 25.1. The number of nitrogens with zero attached hydrogens (tertiary/aromatic N) is 1. The van der Waals surface area contributed by atoms with E-state index in [9.17, 15) is 0 Å². The molecule has 0 radical (unpaired) electrons. The maximum absolute atomic E-state index is 2.66. The summed E-state index contributed by atoms with van der Waals surface area (Å²) in [7, 11) is 0. The van der Waals surface area contributed by atoms with Gasteiger partial charge < -0.3 is 4.90 Å². The Balaban J connectivity index is 1.45. The molecule has 0 aromatic heterocycles. The maximum Gasteiger partial charge on any atom is 0.0556 e. The standard InChI is InChI=1S/C51H43N/c1-49(2)37-27-16-13-24-34(37)43-40(49)30-19-31-41(43)52(33-22-11-8-12-23-33)48-46-44(35-25-14-17-28-38(35)50(46,3)4)42(32-20-9-7-10-21-32)45-36-26-15-18-29-39(36)51(5,6)47(45)48/h7-31H,1-6H3. The third kappa shape index (κ3) is 3.94. The molecule has 0 bridgehead atoms. The number of rotatable bonds is 4. The summed E-state index contributed by atoms with van der Waals surface area (Å²) in [4.78, 5) is 2.66. The molecule has 252 valence electrons. The highest BCUT2D eigenvalue weighted by molar-refractivity contribution is 6.10. The first kappa shape index (κ1) is 31.1. The molecule has 1 nitrogen and oxygen atoms in total. The number of benzene rings is 7. The molecule has 3 aliphatic carbocycles. The van der Waals surface area contributed by atoms with Gasteiger partial charge in [-0.2, -0.15) is 0 Å². The molecule has 0 saturated carbocycles. The summed E-state index contributed by atoms with van der Waals surface area (Å²) in [5.41, 5.74) is 22.1. The molecule has 0 N–H and O–H groups in total. The van der Waals surface area contributed by atoms with Gasteiger partial charge in [0.2, 0.25) is 0 Å². The average molecular weight is 670 g/mol. The van der Waals surface area contributed by atoms with Gasteiger partial charge in [-0.05, 0) is 90.5 Å². The second-order valence-corrected chi connectivity index (χ2v) is 16.5. The molecule has 0 atom stereocenters. The van der Waals surface area contributed by atoms with E-state index >= 15 is 0 Å². The summed E-state index contributed by atoms with van der Waals surface area (Å²) in [5.74, 6) is 0. The zero-order valence-corrected chi connectivity index (χ0v) is 30.9. The highest BCUT2D eigenvalue weighted by Gasteiger charge is 2.49. The molecule has 0 spiro atoms. The van der Waals surface area contributed by atoms with Crippen LogP contribution in [0.4, 0.5) is 17.1 Å². The molecule has 1 heteroatoms. The van der Waals surface area contributed by atoms with Crippen molar-refractivity contribution in [1.29, 1.82) is 0 Å². The quantitative estimate of drug-likeness (QED) is 0.180. The maximum atomic E-state index is 2.66. The van der Waals surface area contributed by atoms with Gasteiger partial charge >= 0.3 is 0 Å². The van der Waals surface area contributed by atoms with Crippen LogP contribution in [0.25, 0.3) is 44.5 Å². The number of para-hydroxylation sites is 1. The third-order valence-corrected chi connectivity index (χ3v) is 12.6. The molecule has 0 aliphatic heterocycles. The Labute approximate surface area is 308 Å². The van der Waals surface area contributed by atoms with Crippen molar-refractivity contribution in [3.8, 4) is 44.5 Å². The topological polar surface area (TPSA) is 3.24 Å². The Morgan fingerprint density at radius 3 is 1.31 bits per heavy atom. The highest BCUT2D eigenvalue weighted by Crippen LogP contribution is 2.67. The smallest absolute Gasteiger partial charge is 0.0556 e. The monoisotopic (exact) mass is 669 g/mol. The first-order valence-corrected chi connectivity index (χ1v) is 18.7.